The van der Waals surface area contributed by atoms with Crippen molar-refractivity contribution in [2.24, 2.45) is 0 Å². The van der Waals surface area contributed by atoms with E-state index in [-0.39, 0.29) is 12.1 Å². The van der Waals surface area contributed by atoms with Crippen LogP contribution in [0.4, 0.5) is 0 Å². The van der Waals surface area contributed by atoms with Gasteiger partial charge in [-0.25, -0.2) is 0 Å². The fourth-order valence-corrected chi connectivity index (χ4v) is 3.80. The molecule has 2 unspecified atom stereocenters. The maximum Gasteiger partial charge on any atom is 0.170 e. The fourth-order valence-electron chi connectivity index (χ4n) is 3.47. The molecule has 0 aliphatic carbocycles. The van der Waals surface area contributed by atoms with Gasteiger partial charge in [0.15, 0.2) is 5.11 Å². The number of hydrogen-bond donors (Lipinski definition) is 1. The van der Waals surface area contributed by atoms with Gasteiger partial charge in [0, 0.05) is 18.3 Å². The van der Waals surface area contributed by atoms with Crippen molar-refractivity contribution in [2.75, 3.05) is 6.54 Å². The van der Waals surface area contributed by atoms with Crippen molar-refractivity contribution in [2.45, 2.75) is 25.4 Å². The summed E-state index contributed by atoms with van der Waals surface area (Å²) in [6.07, 6.45) is 2.83. The molecule has 1 fully saturated rings. The molecule has 2 aromatic heterocycles. The SMILES string of the molecule is CCCN1C(=S)NC(c2ccccn2)C1c1ccc(-c2ccccc2)o1. The molecule has 0 radical (unpaired) electrons. The van der Waals surface area contributed by atoms with Crippen LogP contribution < -0.4 is 5.32 Å². The average molecular weight is 363 g/mol. The van der Waals surface area contributed by atoms with Crippen molar-refractivity contribution in [1.82, 2.24) is 15.2 Å². The lowest BCUT2D eigenvalue weighted by Gasteiger charge is -2.25. The Kier molecular flexibility index (Phi) is 4.71. The van der Waals surface area contributed by atoms with Crippen LogP contribution >= 0.6 is 12.2 Å². The van der Waals surface area contributed by atoms with E-state index in [0.717, 1.165) is 40.9 Å². The summed E-state index contributed by atoms with van der Waals surface area (Å²) in [4.78, 5) is 6.75. The van der Waals surface area contributed by atoms with E-state index in [1.165, 1.54) is 0 Å². The molecule has 1 aromatic carbocycles. The Hall–Kier alpha value is -2.66. The van der Waals surface area contributed by atoms with Gasteiger partial charge in [-0.3, -0.25) is 4.98 Å². The summed E-state index contributed by atoms with van der Waals surface area (Å²) >= 11 is 5.61. The summed E-state index contributed by atoms with van der Waals surface area (Å²) in [5, 5.41) is 4.19. The first-order chi connectivity index (χ1) is 12.8. The van der Waals surface area contributed by atoms with Crippen LogP contribution in [0.1, 0.15) is 36.9 Å². The zero-order valence-corrected chi connectivity index (χ0v) is 15.4. The maximum atomic E-state index is 6.26. The molecule has 1 N–H and O–H groups in total. The van der Waals surface area contributed by atoms with Gasteiger partial charge in [-0.15, -0.1) is 0 Å². The summed E-state index contributed by atoms with van der Waals surface area (Å²) in [5.41, 5.74) is 2.04. The molecule has 3 heterocycles. The second-order valence-electron chi connectivity index (χ2n) is 6.39. The number of nitrogens with zero attached hydrogens (tertiary/aromatic N) is 2. The monoisotopic (exact) mass is 363 g/mol. The van der Waals surface area contributed by atoms with Gasteiger partial charge in [-0.2, -0.15) is 0 Å². The lowest BCUT2D eigenvalue weighted by atomic mass is 10.0. The lowest BCUT2D eigenvalue weighted by molar-refractivity contribution is 0.275. The second kappa shape index (κ2) is 7.30. The molecule has 4 nitrogen and oxygen atoms in total. The molecule has 5 heteroatoms. The van der Waals surface area contributed by atoms with Crippen LogP contribution in [0.25, 0.3) is 11.3 Å². The minimum atomic E-state index is -0.0231. The predicted molar refractivity (Wildman–Crippen MR) is 107 cm³/mol. The van der Waals surface area contributed by atoms with E-state index >= 15 is 0 Å². The van der Waals surface area contributed by atoms with Gasteiger partial charge in [0.25, 0.3) is 0 Å². The van der Waals surface area contributed by atoms with Gasteiger partial charge in [0.2, 0.25) is 0 Å². The zero-order valence-electron chi connectivity index (χ0n) is 14.6. The topological polar surface area (TPSA) is 41.3 Å². The highest BCUT2D eigenvalue weighted by molar-refractivity contribution is 7.80. The van der Waals surface area contributed by atoms with Crippen molar-refractivity contribution in [3.05, 3.63) is 78.3 Å². The highest BCUT2D eigenvalue weighted by Crippen LogP contribution is 2.40. The zero-order chi connectivity index (χ0) is 17.9. The molecule has 26 heavy (non-hydrogen) atoms. The molecule has 3 aromatic rings. The molecule has 1 aliphatic rings. The highest BCUT2D eigenvalue weighted by atomic mass is 32.1. The molecule has 1 aliphatic heterocycles. The van der Waals surface area contributed by atoms with Crippen LogP contribution in [0.5, 0.6) is 0 Å². The minimum Gasteiger partial charge on any atom is -0.459 e. The smallest absolute Gasteiger partial charge is 0.170 e. The number of pyridine rings is 1. The quantitative estimate of drug-likeness (QED) is 0.664. The van der Waals surface area contributed by atoms with Gasteiger partial charge in [0.1, 0.15) is 17.6 Å². The standard InChI is InChI=1S/C21H21N3OS/c1-2-14-24-20(19(23-21(24)26)16-10-6-7-13-22-16)18-12-11-17(25-18)15-8-4-3-5-9-15/h3-13,19-20H,2,14H2,1H3,(H,23,26). The lowest BCUT2D eigenvalue weighted by Crippen LogP contribution is -2.30. The molecule has 4 rings (SSSR count). The summed E-state index contributed by atoms with van der Waals surface area (Å²) in [7, 11) is 0. The predicted octanol–water partition coefficient (Wildman–Crippen LogP) is 4.72. The van der Waals surface area contributed by atoms with Gasteiger partial charge < -0.3 is 14.6 Å². The number of hydrogen-bond acceptors (Lipinski definition) is 3. The molecule has 0 spiro atoms. The number of furan rings is 1. The third kappa shape index (κ3) is 3.10. The number of rotatable bonds is 5. The molecule has 132 valence electrons. The van der Waals surface area contributed by atoms with E-state index in [9.17, 15) is 0 Å². The molecule has 0 bridgehead atoms. The second-order valence-corrected chi connectivity index (χ2v) is 6.77. The van der Waals surface area contributed by atoms with Gasteiger partial charge in [-0.05, 0) is 42.9 Å². The van der Waals surface area contributed by atoms with E-state index in [1.54, 1.807) is 0 Å². The Labute approximate surface area is 158 Å². The normalized spacial score (nSPS) is 19.6. The fraction of sp³-hybridized carbons (Fsp3) is 0.238. The van der Waals surface area contributed by atoms with Gasteiger partial charge in [-0.1, -0.05) is 43.3 Å². The van der Waals surface area contributed by atoms with Crippen LogP contribution in [0.15, 0.2) is 71.3 Å². The maximum absolute atomic E-state index is 6.26. The molecule has 2 atom stereocenters. The van der Waals surface area contributed by atoms with E-state index in [4.69, 9.17) is 16.6 Å². The molecule has 1 saturated heterocycles. The van der Waals surface area contributed by atoms with E-state index in [1.807, 2.05) is 48.7 Å². The summed E-state index contributed by atoms with van der Waals surface area (Å²) in [6, 6.07) is 20.2. The average Bonchev–Trinajstić information content (AvgIpc) is 3.29. The van der Waals surface area contributed by atoms with Crippen molar-refractivity contribution < 1.29 is 4.42 Å². The Balaban J connectivity index is 1.72. The van der Waals surface area contributed by atoms with Gasteiger partial charge >= 0.3 is 0 Å². The van der Waals surface area contributed by atoms with Crippen LogP contribution in [0.3, 0.4) is 0 Å². The van der Waals surface area contributed by atoms with Crippen molar-refractivity contribution in [1.29, 1.82) is 0 Å². The first kappa shape index (κ1) is 16.8. The minimum absolute atomic E-state index is 0.00480. The Morgan fingerprint density at radius 3 is 2.62 bits per heavy atom. The number of aromatic nitrogens is 1. The Morgan fingerprint density at radius 2 is 1.88 bits per heavy atom. The first-order valence-electron chi connectivity index (χ1n) is 8.91. The number of thiocarbonyl (C=S) groups is 1. The van der Waals surface area contributed by atoms with Crippen molar-refractivity contribution >= 4 is 17.3 Å². The van der Waals surface area contributed by atoms with Crippen LogP contribution in [0.2, 0.25) is 0 Å². The summed E-state index contributed by atoms with van der Waals surface area (Å²) in [6.45, 7) is 3.03. The largest absolute Gasteiger partial charge is 0.459 e. The van der Waals surface area contributed by atoms with Gasteiger partial charge in [0.05, 0.1) is 11.7 Å². The first-order valence-corrected chi connectivity index (χ1v) is 9.32. The third-order valence-electron chi connectivity index (χ3n) is 4.64. The Bertz CT molecular complexity index is 879. The van der Waals surface area contributed by atoms with E-state index in [0.29, 0.717) is 0 Å². The highest BCUT2D eigenvalue weighted by Gasteiger charge is 2.41. The number of benzene rings is 1. The summed E-state index contributed by atoms with van der Waals surface area (Å²) in [5.74, 6) is 1.77. The summed E-state index contributed by atoms with van der Waals surface area (Å²) < 4.78 is 6.26. The van der Waals surface area contributed by atoms with Crippen molar-refractivity contribution in [3.63, 3.8) is 0 Å². The number of nitrogens with one attached hydrogen (secondary N) is 1. The third-order valence-corrected chi connectivity index (χ3v) is 4.99. The molecule has 0 saturated carbocycles. The molecular formula is C21H21N3OS. The van der Waals surface area contributed by atoms with Crippen molar-refractivity contribution in [3.8, 4) is 11.3 Å². The Morgan fingerprint density at radius 1 is 1.08 bits per heavy atom. The van der Waals surface area contributed by atoms with Crippen LogP contribution in [0, 0.1) is 0 Å². The van der Waals surface area contributed by atoms with Crippen LogP contribution in [-0.2, 0) is 0 Å². The molecule has 0 amide bonds. The molecular weight excluding hydrogens is 342 g/mol. The van der Waals surface area contributed by atoms with E-state index in [2.05, 4.69) is 40.3 Å². The van der Waals surface area contributed by atoms with E-state index < -0.39 is 0 Å². The van der Waals surface area contributed by atoms with Crippen LogP contribution in [-0.4, -0.2) is 21.5 Å².